The first-order chi connectivity index (χ1) is 8.36. The van der Waals surface area contributed by atoms with E-state index in [9.17, 15) is 4.79 Å². The number of carbonyl (C=O) groups excluding carboxylic acids is 1. The Bertz CT molecular complexity index is 488. The Kier molecular flexibility index (Phi) is 3.71. The highest BCUT2D eigenvalue weighted by Gasteiger charge is 2.14. The summed E-state index contributed by atoms with van der Waals surface area (Å²) in [5.74, 6) is 0.303. The quantitative estimate of drug-likeness (QED) is 0.716. The number of carbonyl (C=O) groups is 1. The van der Waals surface area contributed by atoms with Gasteiger partial charge in [-0.3, -0.25) is 4.79 Å². The monoisotopic (exact) mass is 224 g/mol. The zero-order valence-corrected chi connectivity index (χ0v) is 9.97. The molecule has 0 aliphatic rings. The first-order valence-electron chi connectivity index (χ1n) is 5.96. The summed E-state index contributed by atoms with van der Waals surface area (Å²) in [6, 6.07) is 18.2. The lowest BCUT2D eigenvalue weighted by Gasteiger charge is -2.17. The molecule has 0 bridgehead atoms. The van der Waals surface area contributed by atoms with Crippen molar-refractivity contribution in [3.63, 3.8) is 0 Å². The van der Waals surface area contributed by atoms with Crippen molar-refractivity contribution >= 4 is 6.29 Å². The molecule has 0 saturated carbocycles. The summed E-state index contributed by atoms with van der Waals surface area (Å²) in [6.07, 6.45) is 1.94. The first kappa shape index (κ1) is 11.6. The lowest BCUT2D eigenvalue weighted by molar-refractivity contribution is 0.112. The standard InChI is InChI=1S/C16H16O/c1-2-15(13-8-4-3-5-9-13)16-11-7-6-10-14(16)12-17/h3-12,15H,2H2,1H3. The number of benzene rings is 2. The van der Waals surface area contributed by atoms with E-state index >= 15 is 0 Å². The fraction of sp³-hybridized carbons (Fsp3) is 0.188. The van der Waals surface area contributed by atoms with Crippen molar-refractivity contribution in [2.24, 2.45) is 0 Å². The van der Waals surface area contributed by atoms with E-state index in [-0.39, 0.29) is 0 Å². The maximum Gasteiger partial charge on any atom is 0.150 e. The van der Waals surface area contributed by atoms with Gasteiger partial charge >= 0.3 is 0 Å². The molecular weight excluding hydrogens is 208 g/mol. The van der Waals surface area contributed by atoms with Crippen LogP contribution in [0.5, 0.6) is 0 Å². The van der Waals surface area contributed by atoms with Crippen LogP contribution in [0, 0.1) is 0 Å². The molecular formula is C16H16O. The van der Waals surface area contributed by atoms with Crippen molar-refractivity contribution < 1.29 is 4.79 Å². The maximum absolute atomic E-state index is 11.1. The molecule has 0 spiro atoms. The molecule has 1 unspecified atom stereocenters. The highest BCUT2D eigenvalue weighted by Crippen LogP contribution is 2.29. The third kappa shape index (κ3) is 2.44. The van der Waals surface area contributed by atoms with Gasteiger partial charge in [0.2, 0.25) is 0 Å². The van der Waals surface area contributed by atoms with Gasteiger partial charge in [-0.15, -0.1) is 0 Å². The Hall–Kier alpha value is -1.89. The van der Waals surface area contributed by atoms with Crippen LogP contribution >= 0.6 is 0 Å². The topological polar surface area (TPSA) is 17.1 Å². The summed E-state index contributed by atoms with van der Waals surface area (Å²) >= 11 is 0. The van der Waals surface area contributed by atoms with Crippen molar-refractivity contribution in [2.45, 2.75) is 19.3 Å². The van der Waals surface area contributed by atoms with Gasteiger partial charge in [0.25, 0.3) is 0 Å². The van der Waals surface area contributed by atoms with Crippen molar-refractivity contribution in [3.8, 4) is 0 Å². The number of aldehydes is 1. The van der Waals surface area contributed by atoms with Gasteiger partial charge in [-0.25, -0.2) is 0 Å². The van der Waals surface area contributed by atoms with Gasteiger partial charge in [0, 0.05) is 11.5 Å². The second kappa shape index (κ2) is 5.44. The summed E-state index contributed by atoms with van der Waals surface area (Å²) in [6.45, 7) is 2.15. The zero-order chi connectivity index (χ0) is 12.1. The smallest absolute Gasteiger partial charge is 0.150 e. The highest BCUT2D eigenvalue weighted by atomic mass is 16.1. The molecule has 0 N–H and O–H groups in total. The molecule has 0 fully saturated rings. The van der Waals surface area contributed by atoms with E-state index < -0.39 is 0 Å². The summed E-state index contributed by atoms with van der Waals surface area (Å²) in [4.78, 5) is 11.1. The summed E-state index contributed by atoms with van der Waals surface area (Å²) in [5.41, 5.74) is 3.18. The molecule has 1 nitrogen and oxygen atoms in total. The van der Waals surface area contributed by atoms with Crippen molar-refractivity contribution in [1.82, 2.24) is 0 Å². The number of hydrogen-bond donors (Lipinski definition) is 0. The van der Waals surface area contributed by atoms with Crippen LogP contribution in [-0.2, 0) is 0 Å². The van der Waals surface area contributed by atoms with E-state index in [4.69, 9.17) is 0 Å². The maximum atomic E-state index is 11.1. The van der Waals surface area contributed by atoms with Crippen LogP contribution in [0.4, 0.5) is 0 Å². The van der Waals surface area contributed by atoms with Crippen LogP contribution in [-0.4, -0.2) is 6.29 Å². The van der Waals surface area contributed by atoms with E-state index in [0.29, 0.717) is 5.92 Å². The van der Waals surface area contributed by atoms with Crippen LogP contribution in [0.25, 0.3) is 0 Å². The molecule has 2 rings (SSSR count). The van der Waals surface area contributed by atoms with Crippen LogP contribution in [0.2, 0.25) is 0 Å². The average Bonchev–Trinajstić information content (AvgIpc) is 2.41. The molecule has 0 aromatic heterocycles. The van der Waals surface area contributed by atoms with Gasteiger partial charge in [0.05, 0.1) is 0 Å². The third-order valence-corrected chi connectivity index (χ3v) is 3.11. The van der Waals surface area contributed by atoms with Gasteiger partial charge in [-0.1, -0.05) is 61.5 Å². The van der Waals surface area contributed by atoms with Crippen LogP contribution in [0.3, 0.4) is 0 Å². The lowest BCUT2D eigenvalue weighted by Crippen LogP contribution is -2.03. The molecule has 0 heterocycles. The van der Waals surface area contributed by atoms with Crippen LogP contribution in [0.15, 0.2) is 54.6 Å². The van der Waals surface area contributed by atoms with Gasteiger partial charge in [-0.2, -0.15) is 0 Å². The van der Waals surface area contributed by atoms with E-state index in [1.54, 1.807) is 0 Å². The van der Waals surface area contributed by atoms with E-state index in [2.05, 4.69) is 19.1 Å². The predicted octanol–water partition coefficient (Wildman–Crippen LogP) is 4.04. The van der Waals surface area contributed by atoms with Crippen molar-refractivity contribution in [3.05, 3.63) is 71.3 Å². The largest absolute Gasteiger partial charge is 0.298 e. The molecule has 2 aromatic rings. The molecule has 17 heavy (non-hydrogen) atoms. The number of hydrogen-bond acceptors (Lipinski definition) is 1. The van der Waals surface area contributed by atoms with Crippen LogP contribution in [0.1, 0.15) is 40.7 Å². The van der Waals surface area contributed by atoms with Gasteiger partial charge in [0.1, 0.15) is 6.29 Å². The molecule has 0 amide bonds. The van der Waals surface area contributed by atoms with E-state index in [1.165, 1.54) is 5.56 Å². The Morgan fingerprint density at radius 3 is 2.29 bits per heavy atom. The third-order valence-electron chi connectivity index (χ3n) is 3.11. The predicted molar refractivity (Wildman–Crippen MR) is 70.4 cm³/mol. The summed E-state index contributed by atoms with van der Waals surface area (Å²) < 4.78 is 0. The highest BCUT2D eigenvalue weighted by molar-refractivity contribution is 5.77. The molecule has 0 aliphatic heterocycles. The molecule has 1 heteroatoms. The molecule has 0 saturated heterocycles. The van der Waals surface area contributed by atoms with Crippen LogP contribution < -0.4 is 0 Å². The molecule has 1 atom stereocenters. The molecule has 86 valence electrons. The van der Waals surface area contributed by atoms with E-state index in [0.717, 1.165) is 23.8 Å². The second-order valence-corrected chi connectivity index (χ2v) is 4.12. The van der Waals surface area contributed by atoms with Crippen molar-refractivity contribution in [2.75, 3.05) is 0 Å². The number of rotatable bonds is 4. The Balaban J connectivity index is 2.46. The Morgan fingerprint density at radius 1 is 1.00 bits per heavy atom. The minimum atomic E-state index is 0.303. The Morgan fingerprint density at radius 2 is 1.65 bits per heavy atom. The SMILES string of the molecule is CCC(c1ccccc1)c1ccccc1C=O. The molecule has 0 aliphatic carbocycles. The van der Waals surface area contributed by atoms with E-state index in [1.807, 2.05) is 42.5 Å². The minimum absolute atomic E-state index is 0.303. The summed E-state index contributed by atoms with van der Waals surface area (Å²) in [5, 5.41) is 0. The molecule has 2 aromatic carbocycles. The van der Waals surface area contributed by atoms with Crippen molar-refractivity contribution in [1.29, 1.82) is 0 Å². The summed E-state index contributed by atoms with van der Waals surface area (Å²) in [7, 11) is 0. The van der Waals surface area contributed by atoms with Gasteiger partial charge < -0.3 is 0 Å². The van der Waals surface area contributed by atoms with Gasteiger partial charge in [0.15, 0.2) is 0 Å². The molecule has 0 radical (unpaired) electrons. The fourth-order valence-electron chi connectivity index (χ4n) is 2.26. The zero-order valence-electron chi connectivity index (χ0n) is 9.97. The fourth-order valence-corrected chi connectivity index (χ4v) is 2.26. The minimum Gasteiger partial charge on any atom is -0.298 e. The van der Waals surface area contributed by atoms with Gasteiger partial charge in [-0.05, 0) is 17.5 Å². The normalized spacial score (nSPS) is 12.1. The Labute approximate surface area is 102 Å². The first-order valence-corrected chi connectivity index (χ1v) is 5.96. The average molecular weight is 224 g/mol. The second-order valence-electron chi connectivity index (χ2n) is 4.12. The lowest BCUT2D eigenvalue weighted by atomic mass is 9.86.